The van der Waals surface area contributed by atoms with Crippen molar-refractivity contribution in [3.63, 3.8) is 0 Å². The number of amides is 2. The van der Waals surface area contributed by atoms with E-state index >= 15 is 0 Å². The number of likely N-dealkylation sites (tertiary alicyclic amines) is 2. The van der Waals surface area contributed by atoms with Crippen molar-refractivity contribution >= 4 is 11.8 Å². The summed E-state index contributed by atoms with van der Waals surface area (Å²) in [5.41, 5.74) is 2.41. The molecule has 1 aromatic carbocycles. The number of aryl methyl sites for hydroxylation is 1. The molecule has 2 heterocycles. The average Bonchev–Trinajstić information content (AvgIpc) is 2.94. The van der Waals surface area contributed by atoms with Crippen molar-refractivity contribution in [1.82, 2.24) is 14.7 Å². The molecule has 2 amide bonds. The third kappa shape index (κ3) is 4.43. The van der Waals surface area contributed by atoms with E-state index in [2.05, 4.69) is 19.1 Å². The minimum atomic E-state index is -0.193. The Bertz CT molecular complexity index is 655. The summed E-state index contributed by atoms with van der Waals surface area (Å²) in [6.45, 7) is 5.99. The Morgan fingerprint density at radius 3 is 2.65 bits per heavy atom. The number of rotatable bonds is 7. The molecule has 1 aromatic rings. The lowest BCUT2D eigenvalue weighted by Gasteiger charge is -2.40. The highest BCUT2D eigenvalue weighted by atomic mass is 16.5. The lowest BCUT2D eigenvalue weighted by molar-refractivity contribution is -0.150. The highest BCUT2D eigenvalue weighted by Gasteiger charge is 2.40. The van der Waals surface area contributed by atoms with Crippen LogP contribution in [0, 0.1) is 12.8 Å². The molecule has 0 spiro atoms. The highest BCUT2D eigenvalue weighted by Crippen LogP contribution is 2.24. The van der Waals surface area contributed by atoms with E-state index in [0.29, 0.717) is 39.2 Å². The fraction of sp³-hybridized carbons (Fsp3) is 0.600. The number of benzene rings is 1. The van der Waals surface area contributed by atoms with Crippen LogP contribution in [0.25, 0.3) is 0 Å². The smallest absolute Gasteiger partial charge is 0.228 e. The molecular formula is C20H29N3O3. The molecule has 0 aromatic heterocycles. The van der Waals surface area contributed by atoms with Crippen LogP contribution in [0.5, 0.6) is 0 Å². The van der Waals surface area contributed by atoms with Crippen molar-refractivity contribution in [3.8, 4) is 0 Å². The fourth-order valence-corrected chi connectivity index (χ4v) is 3.44. The maximum atomic E-state index is 12.6. The Kier molecular flexibility index (Phi) is 5.94. The molecule has 0 radical (unpaired) electrons. The summed E-state index contributed by atoms with van der Waals surface area (Å²) >= 11 is 0. The lowest BCUT2D eigenvalue weighted by Crippen LogP contribution is -2.56. The first-order valence-electron chi connectivity index (χ1n) is 9.31. The Balaban J connectivity index is 1.41. The second-order valence-corrected chi connectivity index (χ2v) is 7.65. The van der Waals surface area contributed by atoms with Crippen LogP contribution in [0.4, 0.5) is 0 Å². The minimum Gasteiger partial charge on any atom is -0.370 e. The third-order valence-corrected chi connectivity index (χ3v) is 5.28. The molecule has 3 rings (SSSR count). The molecule has 6 heteroatoms. The molecule has 1 unspecified atom stereocenters. The number of hydrogen-bond acceptors (Lipinski definition) is 4. The summed E-state index contributed by atoms with van der Waals surface area (Å²) in [5.74, 6) is 0.00139. The van der Waals surface area contributed by atoms with Gasteiger partial charge in [-0.25, -0.2) is 0 Å². The molecule has 6 nitrogen and oxygen atoms in total. The molecule has 2 aliphatic rings. The number of hydrogen-bond donors (Lipinski definition) is 0. The number of carbonyl (C=O) groups excluding carboxylic acids is 2. The first kappa shape index (κ1) is 18.9. The fourth-order valence-electron chi connectivity index (χ4n) is 3.44. The normalized spacial score (nSPS) is 20.8. The second kappa shape index (κ2) is 8.18. The van der Waals surface area contributed by atoms with Gasteiger partial charge in [0, 0.05) is 39.1 Å². The van der Waals surface area contributed by atoms with Gasteiger partial charge in [0.25, 0.3) is 0 Å². The summed E-state index contributed by atoms with van der Waals surface area (Å²) < 4.78 is 5.92. The van der Waals surface area contributed by atoms with Crippen molar-refractivity contribution in [3.05, 3.63) is 35.4 Å². The van der Waals surface area contributed by atoms with Crippen LogP contribution < -0.4 is 0 Å². The summed E-state index contributed by atoms with van der Waals surface area (Å²) in [4.78, 5) is 30.4. The zero-order chi connectivity index (χ0) is 18.7. The topological polar surface area (TPSA) is 53.1 Å². The second-order valence-electron chi connectivity index (χ2n) is 7.65. The van der Waals surface area contributed by atoms with E-state index in [4.69, 9.17) is 4.74 Å². The van der Waals surface area contributed by atoms with Gasteiger partial charge in [-0.05, 0) is 32.1 Å². The Morgan fingerprint density at radius 2 is 1.96 bits per heavy atom. The van der Waals surface area contributed by atoms with Crippen LogP contribution in [0.3, 0.4) is 0 Å². The molecule has 1 atom stereocenters. The van der Waals surface area contributed by atoms with Gasteiger partial charge in [0.05, 0.1) is 18.6 Å². The van der Waals surface area contributed by atoms with Crippen molar-refractivity contribution in [2.75, 3.05) is 46.8 Å². The van der Waals surface area contributed by atoms with Crippen LogP contribution >= 0.6 is 0 Å². The molecule has 0 bridgehead atoms. The van der Waals surface area contributed by atoms with Crippen LogP contribution in [0.1, 0.15) is 17.5 Å². The molecule has 0 N–H and O–H groups in total. The van der Waals surface area contributed by atoms with Crippen LogP contribution in [0.2, 0.25) is 0 Å². The third-order valence-electron chi connectivity index (χ3n) is 5.28. The predicted molar refractivity (Wildman–Crippen MR) is 99.6 cm³/mol. The minimum absolute atomic E-state index is 0.0954. The average molecular weight is 359 g/mol. The molecule has 2 saturated heterocycles. The van der Waals surface area contributed by atoms with Crippen molar-refractivity contribution in [1.29, 1.82) is 0 Å². The molecule has 0 saturated carbocycles. The van der Waals surface area contributed by atoms with Crippen LogP contribution in [-0.2, 0) is 20.9 Å². The Labute approximate surface area is 155 Å². The van der Waals surface area contributed by atoms with Gasteiger partial charge in [0.2, 0.25) is 11.8 Å². The molecule has 26 heavy (non-hydrogen) atoms. The summed E-state index contributed by atoms with van der Waals surface area (Å²) in [7, 11) is 3.97. The van der Waals surface area contributed by atoms with E-state index in [1.807, 2.05) is 40.9 Å². The van der Waals surface area contributed by atoms with E-state index in [1.54, 1.807) is 0 Å². The molecule has 2 aliphatic heterocycles. The first-order chi connectivity index (χ1) is 12.4. The van der Waals surface area contributed by atoms with E-state index < -0.39 is 0 Å². The molecule has 2 fully saturated rings. The summed E-state index contributed by atoms with van der Waals surface area (Å²) in [5, 5.41) is 0. The zero-order valence-electron chi connectivity index (χ0n) is 16.0. The molecule has 142 valence electrons. The Hall–Kier alpha value is -1.92. The van der Waals surface area contributed by atoms with Crippen LogP contribution in [0.15, 0.2) is 24.3 Å². The SMILES string of the molecule is Cc1ccccc1COC1CN(C(=O)C2CC(=O)N(CCN(C)C)C2)C1. The van der Waals surface area contributed by atoms with Gasteiger partial charge >= 0.3 is 0 Å². The van der Waals surface area contributed by atoms with Gasteiger partial charge in [0.15, 0.2) is 0 Å². The van der Waals surface area contributed by atoms with E-state index in [1.165, 1.54) is 11.1 Å². The zero-order valence-corrected chi connectivity index (χ0v) is 16.0. The van der Waals surface area contributed by atoms with Gasteiger partial charge < -0.3 is 19.4 Å². The monoisotopic (exact) mass is 359 g/mol. The van der Waals surface area contributed by atoms with E-state index in [9.17, 15) is 9.59 Å². The van der Waals surface area contributed by atoms with Crippen molar-refractivity contribution in [2.24, 2.45) is 5.92 Å². The lowest BCUT2D eigenvalue weighted by atomic mass is 10.0. The largest absolute Gasteiger partial charge is 0.370 e. The Morgan fingerprint density at radius 1 is 1.23 bits per heavy atom. The van der Waals surface area contributed by atoms with Gasteiger partial charge in [-0.15, -0.1) is 0 Å². The van der Waals surface area contributed by atoms with E-state index in [-0.39, 0.29) is 23.8 Å². The van der Waals surface area contributed by atoms with Crippen molar-refractivity contribution < 1.29 is 14.3 Å². The maximum absolute atomic E-state index is 12.6. The predicted octanol–water partition coefficient (Wildman–Crippen LogP) is 1.13. The summed E-state index contributed by atoms with van der Waals surface area (Å²) in [6.07, 6.45) is 0.442. The van der Waals surface area contributed by atoms with Gasteiger partial charge in [0.1, 0.15) is 0 Å². The van der Waals surface area contributed by atoms with Gasteiger partial charge in [-0.2, -0.15) is 0 Å². The highest BCUT2D eigenvalue weighted by molar-refractivity contribution is 5.89. The summed E-state index contributed by atoms with van der Waals surface area (Å²) in [6, 6.07) is 8.19. The first-order valence-corrected chi connectivity index (χ1v) is 9.31. The van der Waals surface area contributed by atoms with Gasteiger partial charge in [-0.1, -0.05) is 24.3 Å². The van der Waals surface area contributed by atoms with E-state index in [0.717, 1.165) is 6.54 Å². The van der Waals surface area contributed by atoms with Crippen LogP contribution in [-0.4, -0.2) is 79.4 Å². The molecular weight excluding hydrogens is 330 g/mol. The number of likely N-dealkylation sites (N-methyl/N-ethyl adjacent to an activating group) is 1. The number of carbonyl (C=O) groups is 2. The quantitative estimate of drug-likeness (QED) is 0.732. The standard InChI is InChI=1S/C20H29N3O3/c1-15-6-4-5-7-16(15)14-26-18-12-23(13-18)20(25)17-10-19(24)22(11-17)9-8-21(2)3/h4-7,17-18H,8-14H2,1-3H3. The van der Waals surface area contributed by atoms with Crippen molar-refractivity contribution in [2.45, 2.75) is 26.1 Å². The number of nitrogens with zero attached hydrogens (tertiary/aromatic N) is 3. The molecule has 0 aliphatic carbocycles. The number of ether oxygens (including phenoxy) is 1. The van der Waals surface area contributed by atoms with Gasteiger partial charge in [-0.3, -0.25) is 9.59 Å². The maximum Gasteiger partial charge on any atom is 0.228 e.